The Labute approximate surface area is 108 Å². The van der Waals surface area contributed by atoms with Gasteiger partial charge in [-0.25, -0.2) is 0 Å². The molecule has 1 aliphatic rings. The first kappa shape index (κ1) is 13.0. The van der Waals surface area contributed by atoms with E-state index in [1.807, 2.05) is 0 Å². The minimum atomic E-state index is 0.440. The molecule has 4 heteroatoms. The summed E-state index contributed by atoms with van der Waals surface area (Å²) in [6.45, 7) is 3.49. The Kier molecular flexibility index (Phi) is 4.98. The highest BCUT2D eigenvalue weighted by Gasteiger charge is 2.26. The van der Waals surface area contributed by atoms with Gasteiger partial charge < -0.3 is 10.5 Å². The van der Waals surface area contributed by atoms with Crippen LogP contribution < -0.4 is 5.73 Å². The van der Waals surface area contributed by atoms with E-state index < -0.39 is 0 Å². The molecule has 0 saturated carbocycles. The summed E-state index contributed by atoms with van der Waals surface area (Å²) in [7, 11) is 2.17. The summed E-state index contributed by atoms with van der Waals surface area (Å²) in [6.07, 6.45) is 2.42. The zero-order chi connectivity index (χ0) is 12.1. The number of hydrogen-bond acceptors (Lipinski definition) is 4. The minimum absolute atomic E-state index is 0.440. The van der Waals surface area contributed by atoms with E-state index in [4.69, 9.17) is 10.5 Å². The van der Waals surface area contributed by atoms with Gasteiger partial charge in [0.2, 0.25) is 0 Å². The molecule has 2 unspecified atom stereocenters. The van der Waals surface area contributed by atoms with E-state index in [1.54, 1.807) is 11.3 Å². The molecule has 0 bridgehead atoms. The first-order chi connectivity index (χ1) is 8.31. The molecule has 0 amide bonds. The predicted octanol–water partition coefficient (Wildman–Crippen LogP) is 1.93. The zero-order valence-corrected chi connectivity index (χ0v) is 11.3. The van der Waals surface area contributed by atoms with Crippen LogP contribution in [0, 0.1) is 5.92 Å². The number of thiophene rings is 1. The van der Waals surface area contributed by atoms with Crippen LogP contribution in [0.4, 0.5) is 0 Å². The first-order valence-corrected chi connectivity index (χ1v) is 7.24. The van der Waals surface area contributed by atoms with E-state index in [0.717, 1.165) is 19.8 Å². The highest BCUT2D eigenvalue weighted by Crippen LogP contribution is 2.22. The molecule has 96 valence electrons. The lowest BCUT2D eigenvalue weighted by molar-refractivity contribution is 0.0156. The second-order valence-corrected chi connectivity index (χ2v) is 5.61. The van der Waals surface area contributed by atoms with Crippen LogP contribution in [0.2, 0.25) is 0 Å². The molecular formula is C13H22N2OS. The third-order valence-corrected chi connectivity index (χ3v) is 4.29. The van der Waals surface area contributed by atoms with Crippen LogP contribution in [0.25, 0.3) is 0 Å². The molecule has 1 aromatic heterocycles. The minimum Gasteiger partial charge on any atom is -0.381 e. The van der Waals surface area contributed by atoms with Gasteiger partial charge in [-0.3, -0.25) is 4.90 Å². The van der Waals surface area contributed by atoms with Crippen molar-refractivity contribution in [3.8, 4) is 0 Å². The lowest BCUT2D eigenvalue weighted by atomic mass is 9.92. The van der Waals surface area contributed by atoms with E-state index in [2.05, 4.69) is 28.8 Å². The molecular weight excluding hydrogens is 232 g/mol. The molecule has 0 aliphatic carbocycles. The Morgan fingerprint density at radius 3 is 3.12 bits per heavy atom. The highest BCUT2D eigenvalue weighted by molar-refractivity contribution is 7.07. The van der Waals surface area contributed by atoms with Crippen molar-refractivity contribution in [1.29, 1.82) is 0 Å². The normalized spacial score (nSPS) is 22.9. The number of hydrogen-bond donors (Lipinski definition) is 1. The van der Waals surface area contributed by atoms with Gasteiger partial charge in [0.15, 0.2) is 0 Å². The van der Waals surface area contributed by atoms with Crippen molar-refractivity contribution in [3.05, 3.63) is 22.4 Å². The molecule has 2 atom stereocenters. The largest absolute Gasteiger partial charge is 0.381 e. The average molecular weight is 254 g/mol. The standard InChI is InChI=1S/C13H22N2OS/c1-15(8-11-4-6-17-10-11)13(7-14)12-3-2-5-16-9-12/h4,6,10,12-13H,2-3,5,7-9,14H2,1H3. The summed E-state index contributed by atoms with van der Waals surface area (Å²) in [5, 5.41) is 4.34. The fourth-order valence-corrected chi connectivity index (χ4v) is 3.25. The summed E-state index contributed by atoms with van der Waals surface area (Å²) < 4.78 is 5.57. The molecule has 2 heterocycles. The Balaban J connectivity index is 1.92. The summed E-state index contributed by atoms with van der Waals surface area (Å²) in [6, 6.07) is 2.63. The molecule has 0 radical (unpaired) electrons. The van der Waals surface area contributed by atoms with Gasteiger partial charge in [0.05, 0.1) is 6.61 Å². The maximum absolute atomic E-state index is 5.94. The van der Waals surface area contributed by atoms with Crippen molar-refractivity contribution >= 4 is 11.3 Å². The van der Waals surface area contributed by atoms with Crippen molar-refractivity contribution in [2.75, 3.05) is 26.8 Å². The Hall–Kier alpha value is -0.420. The van der Waals surface area contributed by atoms with Gasteiger partial charge in [-0.15, -0.1) is 0 Å². The fraction of sp³-hybridized carbons (Fsp3) is 0.692. The van der Waals surface area contributed by atoms with Gasteiger partial charge >= 0.3 is 0 Å². The smallest absolute Gasteiger partial charge is 0.0509 e. The van der Waals surface area contributed by atoms with Crippen molar-refractivity contribution in [2.24, 2.45) is 11.7 Å². The number of ether oxygens (including phenoxy) is 1. The molecule has 1 saturated heterocycles. The van der Waals surface area contributed by atoms with Crippen LogP contribution in [0.3, 0.4) is 0 Å². The Morgan fingerprint density at radius 2 is 2.53 bits per heavy atom. The van der Waals surface area contributed by atoms with E-state index in [0.29, 0.717) is 18.5 Å². The number of nitrogens with zero attached hydrogens (tertiary/aromatic N) is 1. The molecule has 0 spiro atoms. The monoisotopic (exact) mass is 254 g/mol. The summed E-state index contributed by atoms with van der Waals surface area (Å²) in [5.74, 6) is 0.595. The quantitative estimate of drug-likeness (QED) is 0.872. The summed E-state index contributed by atoms with van der Waals surface area (Å²) in [4.78, 5) is 2.38. The third-order valence-electron chi connectivity index (χ3n) is 3.56. The van der Waals surface area contributed by atoms with Crippen molar-refractivity contribution in [3.63, 3.8) is 0 Å². The lowest BCUT2D eigenvalue weighted by Gasteiger charge is -2.35. The molecule has 17 heavy (non-hydrogen) atoms. The van der Waals surface area contributed by atoms with E-state index in [9.17, 15) is 0 Å². The molecule has 1 aliphatic heterocycles. The van der Waals surface area contributed by atoms with Crippen LogP contribution in [0.15, 0.2) is 16.8 Å². The lowest BCUT2D eigenvalue weighted by Crippen LogP contribution is -2.45. The number of nitrogens with two attached hydrogens (primary N) is 1. The first-order valence-electron chi connectivity index (χ1n) is 6.30. The predicted molar refractivity (Wildman–Crippen MR) is 72.2 cm³/mol. The Morgan fingerprint density at radius 1 is 1.65 bits per heavy atom. The van der Waals surface area contributed by atoms with Gasteiger partial charge in [-0.05, 0) is 48.2 Å². The Bertz CT molecular complexity index is 309. The SMILES string of the molecule is CN(Cc1ccsc1)C(CN)C1CCCOC1. The second-order valence-electron chi connectivity index (χ2n) is 4.83. The maximum atomic E-state index is 5.94. The van der Waals surface area contributed by atoms with Crippen LogP contribution in [0.1, 0.15) is 18.4 Å². The van der Waals surface area contributed by atoms with Gasteiger partial charge in [-0.2, -0.15) is 11.3 Å². The van der Waals surface area contributed by atoms with Gasteiger partial charge in [0, 0.05) is 25.7 Å². The molecule has 0 aromatic carbocycles. The number of likely N-dealkylation sites (N-methyl/N-ethyl adjacent to an activating group) is 1. The zero-order valence-electron chi connectivity index (χ0n) is 10.5. The van der Waals surface area contributed by atoms with Crippen LogP contribution in [0.5, 0.6) is 0 Å². The van der Waals surface area contributed by atoms with Crippen molar-refractivity contribution in [2.45, 2.75) is 25.4 Å². The maximum Gasteiger partial charge on any atom is 0.0509 e. The molecule has 2 N–H and O–H groups in total. The fourth-order valence-electron chi connectivity index (χ4n) is 2.59. The summed E-state index contributed by atoms with van der Waals surface area (Å²) in [5.41, 5.74) is 7.32. The van der Waals surface area contributed by atoms with Gasteiger partial charge in [0.1, 0.15) is 0 Å². The van der Waals surface area contributed by atoms with E-state index >= 15 is 0 Å². The van der Waals surface area contributed by atoms with Crippen LogP contribution in [-0.4, -0.2) is 37.7 Å². The third kappa shape index (κ3) is 3.52. The highest BCUT2D eigenvalue weighted by atomic mass is 32.1. The topological polar surface area (TPSA) is 38.5 Å². The molecule has 3 nitrogen and oxygen atoms in total. The van der Waals surface area contributed by atoms with Gasteiger partial charge in [0.25, 0.3) is 0 Å². The van der Waals surface area contributed by atoms with Crippen LogP contribution in [-0.2, 0) is 11.3 Å². The second kappa shape index (κ2) is 6.50. The number of rotatable bonds is 5. The van der Waals surface area contributed by atoms with Crippen LogP contribution >= 0.6 is 11.3 Å². The molecule has 1 fully saturated rings. The summed E-state index contributed by atoms with van der Waals surface area (Å²) >= 11 is 1.75. The van der Waals surface area contributed by atoms with E-state index in [-0.39, 0.29) is 0 Å². The van der Waals surface area contributed by atoms with Crippen molar-refractivity contribution < 1.29 is 4.74 Å². The van der Waals surface area contributed by atoms with E-state index in [1.165, 1.54) is 18.4 Å². The van der Waals surface area contributed by atoms with Gasteiger partial charge in [-0.1, -0.05) is 0 Å². The molecule has 2 rings (SSSR count). The average Bonchev–Trinajstić information content (AvgIpc) is 2.84. The molecule has 1 aromatic rings. The van der Waals surface area contributed by atoms with Crippen molar-refractivity contribution in [1.82, 2.24) is 4.90 Å².